The van der Waals surface area contributed by atoms with Crippen molar-refractivity contribution in [2.45, 2.75) is 57.5 Å². The minimum Gasteiger partial charge on any atom is -0.497 e. The molecule has 1 aliphatic heterocycles. The number of unbranched alkanes of at least 4 members (excludes halogenated alkanes) is 1. The number of piperidine rings is 1. The molecule has 0 bridgehead atoms. The lowest BCUT2D eigenvalue weighted by Gasteiger charge is -2.33. The van der Waals surface area contributed by atoms with Crippen LogP contribution in [0.2, 0.25) is 0 Å². The van der Waals surface area contributed by atoms with Crippen molar-refractivity contribution < 1.29 is 9.84 Å². The van der Waals surface area contributed by atoms with Crippen LogP contribution < -0.4 is 4.74 Å². The Balaban J connectivity index is 2.03. The SMILES string of the molecule is CCCCC(O)(CCN1CCCCC1)c1ccc(OC)cc1. The molecule has 1 N–H and O–H groups in total. The van der Waals surface area contributed by atoms with Crippen LogP contribution in [-0.2, 0) is 5.60 Å². The first-order valence-electron chi connectivity index (χ1n) is 8.77. The normalized spacial score (nSPS) is 18.9. The number of aliphatic hydroxyl groups is 1. The number of likely N-dealkylation sites (tertiary alicyclic amines) is 1. The van der Waals surface area contributed by atoms with Crippen LogP contribution in [0.5, 0.6) is 5.75 Å². The summed E-state index contributed by atoms with van der Waals surface area (Å²) in [6, 6.07) is 7.94. The van der Waals surface area contributed by atoms with Gasteiger partial charge in [-0.1, -0.05) is 38.3 Å². The van der Waals surface area contributed by atoms with Gasteiger partial charge in [-0.25, -0.2) is 0 Å². The van der Waals surface area contributed by atoms with Gasteiger partial charge in [0, 0.05) is 6.54 Å². The maximum absolute atomic E-state index is 11.2. The van der Waals surface area contributed by atoms with Gasteiger partial charge in [-0.3, -0.25) is 0 Å². The van der Waals surface area contributed by atoms with E-state index in [0.717, 1.165) is 43.5 Å². The second kappa shape index (κ2) is 8.54. The predicted molar refractivity (Wildman–Crippen MR) is 91.3 cm³/mol. The van der Waals surface area contributed by atoms with E-state index in [1.165, 1.54) is 32.4 Å². The highest BCUT2D eigenvalue weighted by molar-refractivity contribution is 5.30. The van der Waals surface area contributed by atoms with Crippen molar-refractivity contribution in [3.63, 3.8) is 0 Å². The first kappa shape index (κ1) is 17.3. The number of methoxy groups -OCH3 is 1. The molecule has 0 saturated carbocycles. The van der Waals surface area contributed by atoms with Gasteiger partial charge >= 0.3 is 0 Å². The average molecular weight is 305 g/mol. The topological polar surface area (TPSA) is 32.7 Å². The zero-order valence-electron chi connectivity index (χ0n) is 14.2. The molecule has 1 fully saturated rings. The molecular formula is C19H31NO2. The fourth-order valence-corrected chi connectivity index (χ4v) is 3.31. The molecule has 0 radical (unpaired) electrons. The van der Waals surface area contributed by atoms with E-state index in [1.807, 2.05) is 24.3 Å². The summed E-state index contributed by atoms with van der Waals surface area (Å²) in [4.78, 5) is 2.50. The Bertz CT molecular complexity index is 426. The summed E-state index contributed by atoms with van der Waals surface area (Å²) in [5.74, 6) is 0.845. The Hall–Kier alpha value is -1.06. The summed E-state index contributed by atoms with van der Waals surface area (Å²) in [7, 11) is 1.68. The molecule has 1 aliphatic rings. The zero-order valence-corrected chi connectivity index (χ0v) is 14.2. The predicted octanol–water partition coefficient (Wildman–Crippen LogP) is 3.95. The van der Waals surface area contributed by atoms with Crippen LogP contribution in [0.3, 0.4) is 0 Å². The molecule has 3 heteroatoms. The van der Waals surface area contributed by atoms with Crippen molar-refractivity contribution in [3.05, 3.63) is 29.8 Å². The van der Waals surface area contributed by atoms with Crippen LogP contribution in [-0.4, -0.2) is 36.8 Å². The van der Waals surface area contributed by atoms with E-state index in [1.54, 1.807) is 7.11 Å². The maximum atomic E-state index is 11.2. The molecule has 0 aromatic heterocycles. The van der Waals surface area contributed by atoms with Gasteiger partial charge in [-0.05, 0) is 56.5 Å². The van der Waals surface area contributed by atoms with Gasteiger partial charge in [0.15, 0.2) is 0 Å². The van der Waals surface area contributed by atoms with Crippen molar-refractivity contribution in [2.24, 2.45) is 0 Å². The smallest absolute Gasteiger partial charge is 0.118 e. The molecule has 1 saturated heterocycles. The summed E-state index contributed by atoms with van der Waals surface area (Å²) in [5, 5.41) is 11.2. The van der Waals surface area contributed by atoms with Gasteiger partial charge in [-0.15, -0.1) is 0 Å². The third-order valence-electron chi connectivity index (χ3n) is 4.86. The highest BCUT2D eigenvalue weighted by atomic mass is 16.5. The number of hydrogen-bond donors (Lipinski definition) is 1. The van der Waals surface area contributed by atoms with Crippen molar-refractivity contribution in [2.75, 3.05) is 26.7 Å². The Morgan fingerprint density at radius 3 is 2.36 bits per heavy atom. The lowest BCUT2D eigenvalue weighted by Crippen LogP contribution is -2.36. The second-order valence-electron chi connectivity index (χ2n) is 6.52. The highest BCUT2D eigenvalue weighted by Crippen LogP contribution is 2.32. The second-order valence-corrected chi connectivity index (χ2v) is 6.52. The molecular weight excluding hydrogens is 274 g/mol. The van der Waals surface area contributed by atoms with Crippen LogP contribution in [0.15, 0.2) is 24.3 Å². The van der Waals surface area contributed by atoms with Gasteiger partial charge in [-0.2, -0.15) is 0 Å². The fraction of sp³-hybridized carbons (Fsp3) is 0.684. The van der Waals surface area contributed by atoms with Gasteiger partial charge < -0.3 is 14.7 Å². The summed E-state index contributed by atoms with van der Waals surface area (Å²) in [6.45, 7) is 5.55. The minimum atomic E-state index is -0.709. The molecule has 124 valence electrons. The van der Waals surface area contributed by atoms with E-state index in [0.29, 0.717) is 0 Å². The largest absolute Gasteiger partial charge is 0.497 e. The van der Waals surface area contributed by atoms with E-state index in [2.05, 4.69) is 11.8 Å². The van der Waals surface area contributed by atoms with Crippen LogP contribution >= 0.6 is 0 Å². The fourth-order valence-electron chi connectivity index (χ4n) is 3.31. The standard InChI is InChI=1S/C19H31NO2/c1-3-4-12-19(21,13-16-20-14-6-5-7-15-20)17-8-10-18(22-2)11-9-17/h8-11,21H,3-7,12-16H2,1-2H3. The number of nitrogens with zero attached hydrogens (tertiary/aromatic N) is 1. The number of ether oxygens (including phenoxy) is 1. The number of hydrogen-bond acceptors (Lipinski definition) is 3. The van der Waals surface area contributed by atoms with Crippen molar-refractivity contribution in [3.8, 4) is 5.75 Å². The molecule has 1 atom stereocenters. The average Bonchev–Trinajstić information content (AvgIpc) is 2.59. The summed E-state index contributed by atoms with van der Waals surface area (Å²) in [6.07, 6.45) is 7.79. The molecule has 1 heterocycles. The molecule has 0 aliphatic carbocycles. The van der Waals surface area contributed by atoms with Crippen molar-refractivity contribution in [1.29, 1.82) is 0 Å². The molecule has 3 nitrogen and oxygen atoms in total. The van der Waals surface area contributed by atoms with Crippen LogP contribution in [0.1, 0.15) is 57.4 Å². The van der Waals surface area contributed by atoms with Gasteiger partial charge in [0.1, 0.15) is 5.75 Å². The quantitative estimate of drug-likeness (QED) is 0.789. The Kier molecular flexibility index (Phi) is 6.71. The van der Waals surface area contributed by atoms with Crippen LogP contribution in [0.4, 0.5) is 0 Å². The number of rotatable bonds is 8. The maximum Gasteiger partial charge on any atom is 0.118 e. The molecule has 2 rings (SSSR count). The van der Waals surface area contributed by atoms with Crippen LogP contribution in [0.25, 0.3) is 0 Å². The highest BCUT2D eigenvalue weighted by Gasteiger charge is 2.29. The lowest BCUT2D eigenvalue weighted by atomic mass is 9.85. The molecule has 1 unspecified atom stereocenters. The minimum absolute atomic E-state index is 0.709. The van der Waals surface area contributed by atoms with Crippen molar-refractivity contribution in [1.82, 2.24) is 4.90 Å². The number of benzene rings is 1. The van der Waals surface area contributed by atoms with Gasteiger partial charge in [0.25, 0.3) is 0 Å². The third kappa shape index (κ3) is 4.72. The first-order chi connectivity index (χ1) is 10.7. The first-order valence-corrected chi connectivity index (χ1v) is 8.77. The summed E-state index contributed by atoms with van der Waals surface area (Å²) in [5.41, 5.74) is 0.318. The molecule has 1 aromatic carbocycles. The van der Waals surface area contributed by atoms with E-state index in [-0.39, 0.29) is 0 Å². The third-order valence-corrected chi connectivity index (χ3v) is 4.86. The van der Waals surface area contributed by atoms with E-state index in [9.17, 15) is 5.11 Å². The summed E-state index contributed by atoms with van der Waals surface area (Å²) < 4.78 is 5.23. The van der Waals surface area contributed by atoms with E-state index in [4.69, 9.17) is 4.74 Å². The van der Waals surface area contributed by atoms with Gasteiger partial charge in [0.2, 0.25) is 0 Å². The lowest BCUT2D eigenvalue weighted by molar-refractivity contribution is 0.00515. The van der Waals surface area contributed by atoms with Gasteiger partial charge in [0.05, 0.1) is 12.7 Å². The Morgan fingerprint density at radius 1 is 1.09 bits per heavy atom. The van der Waals surface area contributed by atoms with E-state index >= 15 is 0 Å². The molecule has 0 spiro atoms. The zero-order chi connectivity index (χ0) is 15.8. The van der Waals surface area contributed by atoms with E-state index < -0.39 is 5.60 Å². The molecule has 0 amide bonds. The summed E-state index contributed by atoms with van der Waals surface area (Å²) >= 11 is 0. The molecule has 22 heavy (non-hydrogen) atoms. The van der Waals surface area contributed by atoms with Crippen LogP contribution in [0, 0.1) is 0 Å². The molecule has 1 aromatic rings. The monoisotopic (exact) mass is 305 g/mol. The van der Waals surface area contributed by atoms with Crippen molar-refractivity contribution >= 4 is 0 Å². The Morgan fingerprint density at radius 2 is 1.77 bits per heavy atom. The Labute approximate surface area is 135 Å².